The van der Waals surface area contributed by atoms with Gasteiger partial charge in [0.25, 0.3) is 0 Å². The molecule has 0 spiro atoms. The van der Waals surface area contributed by atoms with Crippen molar-refractivity contribution >= 4 is 28.6 Å². The van der Waals surface area contributed by atoms with Gasteiger partial charge in [-0.3, -0.25) is 0 Å². The van der Waals surface area contributed by atoms with Crippen LogP contribution in [0.5, 0.6) is 5.75 Å². The second-order valence-electron chi connectivity index (χ2n) is 3.56. The molecule has 0 N–H and O–H groups in total. The van der Waals surface area contributed by atoms with E-state index < -0.39 is 0 Å². The van der Waals surface area contributed by atoms with E-state index in [1.165, 1.54) is 11.3 Å². The van der Waals surface area contributed by atoms with Gasteiger partial charge in [-0.2, -0.15) is 0 Å². The van der Waals surface area contributed by atoms with Gasteiger partial charge in [0.05, 0.1) is 22.0 Å². The molecule has 5 heteroatoms. The minimum atomic E-state index is 0.773. The van der Waals surface area contributed by atoms with E-state index >= 15 is 0 Å². The highest BCUT2D eigenvalue weighted by Gasteiger charge is 2.07. The maximum absolute atomic E-state index is 5.92. The molecule has 0 aliphatic rings. The van der Waals surface area contributed by atoms with Gasteiger partial charge in [0.15, 0.2) is 0 Å². The summed E-state index contributed by atoms with van der Waals surface area (Å²) in [6.45, 7) is 0. The lowest BCUT2D eigenvalue weighted by atomic mass is 10.4. The van der Waals surface area contributed by atoms with Crippen molar-refractivity contribution in [3.8, 4) is 16.3 Å². The Hall–Kier alpha value is -1.52. The van der Waals surface area contributed by atoms with E-state index in [9.17, 15) is 0 Å². The Morgan fingerprint density at radius 1 is 1.35 bits per heavy atom. The monoisotopic (exact) mass is 264 g/mol. The van der Waals surface area contributed by atoms with Crippen LogP contribution in [-0.2, 0) is 0 Å². The number of imidazole rings is 1. The number of fused-ring (bicyclic) bond motifs is 1. The van der Waals surface area contributed by atoms with Crippen molar-refractivity contribution in [1.82, 2.24) is 9.38 Å². The van der Waals surface area contributed by atoms with Crippen LogP contribution >= 0.6 is 22.9 Å². The average Bonchev–Trinajstić information content (AvgIpc) is 2.93. The zero-order chi connectivity index (χ0) is 11.8. The summed E-state index contributed by atoms with van der Waals surface area (Å²) in [6, 6.07) is 7.66. The molecule has 0 bridgehead atoms. The molecule has 0 aliphatic heterocycles. The molecule has 3 heterocycles. The van der Waals surface area contributed by atoms with Crippen molar-refractivity contribution < 1.29 is 4.74 Å². The van der Waals surface area contributed by atoms with Crippen molar-refractivity contribution in [3.05, 3.63) is 41.0 Å². The summed E-state index contributed by atoms with van der Waals surface area (Å²) in [6.07, 6.45) is 3.91. The topological polar surface area (TPSA) is 26.5 Å². The molecule has 3 rings (SSSR count). The largest absolute Gasteiger partial charge is 0.497 e. The summed E-state index contributed by atoms with van der Waals surface area (Å²) in [5.74, 6) is 0.805. The van der Waals surface area contributed by atoms with Crippen molar-refractivity contribution in [3.63, 3.8) is 0 Å². The molecule has 0 saturated heterocycles. The predicted octanol–water partition coefficient (Wildman–Crippen LogP) is 3.72. The van der Waals surface area contributed by atoms with E-state index in [1.54, 1.807) is 7.11 Å². The van der Waals surface area contributed by atoms with Crippen molar-refractivity contribution in [2.45, 2.75) is 0 Å². The molecule has 3 nitrogen and oxygen atoms in total. The van der Waals surface area contributed by atoms with Crippen LogP contribution < -0.4 is 4.74 Å². The number of methoxy groups -OCH3 is 1. The Morgan fingerprint density at radius 2 is 2.24 bits per heavy atom. The zero-order valence-electron chi connectivity index (χ0n) is 9.05. The van der Waals surface area contributed by atoms with Gasteiger partial charge in [-0.15, -0.1) is 11.3 Å². The number of thiophene rings is 1. The smallest absolute Gasteiger partial charge is 0.141 e. The third-order valence-electron chi connectivity index (χ3n) is 2.49. The van der Waals surface area contributed by atoms with E-state index in [2.05, 4.69) is 4.98 Å². The van der Waals surface area contributed by atoms with Crippen LogP contribution in [0, 0.1) is 0 Å². The van der Waals surface area contributed by atoms with Gasteiger partial charge in [0.1, 0.15) is 11.4 Å². The molecule has 0 aliphatic carbocycles. The molecule has 0 aromatic carbocycles. The Balaban J connectivity index is 2.13. The fourth-order valence-corrected chi connectivity index (χ4v) is 2.66. The van der Waals surface area contributed by atoms with Crippen LogP contribution in [0.25, 0.3) is 16.2 Å². The van der Waals surface area contributed by atoms with Crippen LogP contribution in [0.4, 0.5) is 0 Å². The van der Waals surface area contributed by atoms with E-state index in [-0.39, 0.29) is 0 Å². The third-order valence-corrected chi connectivity index (χ3v) is 3.75. The highest BCUT2D eigenvalue weighted by Crippen LogP contribution is 2.30. The normalized spacial score (nSPS) is 10.9. The van der Waals surface area contributed by atoms with Gasteiger partial charge in [-0.25, -0.2) is 4.98 Å². The summed E-state index contributed by atoms with van der Waals surface area (Å²) in [7, 11) is 1.65. The number of hydrogen-bond donors (Lipinski definition) is 0. The molecule has 0 atom stereocenters. The van der Waals surface area contributed by atoms with Crippen molar-refractivity contribution in [1.29, 1.82) is 0 Å². The number of hydrogen-bond acceptors (Lipinski definition) is 3. The first-order valence-electron chi connectivity index (χ1n) is 5.05. The fourth-order valence-electron chi connectivity index (χ4n) is 1.66. The summed E-state index contributed by atoms with van der Waals surface area (Å²) >= 11 is 7.44. The number of halogens is 1. The SMILES string of the molecule is COc1ccn2cc(-c3ccc(Cl)s3)nc2c1. The first kappa shape index (κ1) is 10.6. The van der Waals surface area contributed by atoms with E-state index in [0.717, 1.165) is 26.3 Å². The zero-order valence-corrected chi connectivity index (χ0v) is 10.6. The lowest BCUT2D eigenvalue weighted by Gasteiger charge is -1.98. The summed E-state index contributed by atoms with van der Waals surface area (Å²) in [5, 5.41) is 0. The minimum absolute atomic E-state index is 0.773. The van der Waals surface area contributed by atoms with Gasteiger partial charge in [0.2, 0.25) is 0 Å². The lowest BCUT2D eigenvalue weighted by molar-refractivity contribution is 0.414. The first-order valence-corrected chi connectivity index (χ1v) is 6.24. The minimum Gasteiger partial charge on any atom is -0.497 e. The van der Waals surface area contributed by atoms with Crippen LogP contribution in [0.3, 0.4) is 0 Å². The molecular formula is C12H9ClN2OS. The Bertz CT molecular complexity index is 674. The Labute approximate surface area is 107 Å². The molecule has 0 saturated carbocycles. The maximum atomic E-state index is 5.92. The molecule has 0 unspecified atom stereocenters. The van der Waals surface area contributed by atoms with E-state index in [1.807, 2.05) is 41.1 Å². The molecule has 86 valence electrons. The molecule has 0 fully saturated rings. The molecule has 3 aromatic heterocycles. The first-order chi connectivity index (χ1) is 8.26. The van der Waals surface area contributed by atoms with Crippen molar-refractivity contribution in [2.75, 3.05) is 7.11 Å². The number of ether oxygens (including phenoxy) is 1. The Morgan fingerprint density at radius 3 is 2.94 bits per heavy atom. The van der Waals surface area contributed by atoms with Crippen LogP contribution in [0.15, 0.2) is 36.7 Å². The molecular weight excluding hydrogens is 256 g/mol. The van der Waals surface area contributed by atoms with Crippen molar-refractivity contribution in [2.24, 2.45) is 0 Å². The number of nitrogens with zero attached hydrogens (tertiary/aromatic N) is 2. The fraction of sp³-hybridized carbons (Fsp3) is 0.0833. The molecule has 0 amide bonds. The van der Waals surface area contributed by atoms with E-state index in [0.29, 0.717) is 0 Å². The summed E-state index contributed by atoms with van der Waals surface area (Å²) < 4.78 is 7.91. The average molecular weight is 265 g/mol. The number of aromatic nitrogens is 2. The van der Waals surface area contributed by atoms with Crippen LogP contribution in [0.2, 0.25) is 4.34 Å². The van der Waals surface area contributed by atoms with Gasteiger partial charge < -0.3 is 9.14 Å². The van der Waals surface area contributed by atoms with Gasteiger partial charge >= 0.3 is 0 Å². The summed E-state index contributed by atoms with van der Waals surface area (Å²) in [5.41, 5.74) is 1.79. The molecule has 3 aromatic rings. The van der Waals surface area contributed by atoms with Crippen LogP contribution in [-0.4, -0.2) is 16.5 Å². The number of rotatable bonds is 2. The van der Waals surface area contributed by atoms with E-state index in [4.69, 9.17) is 16.3 Å². The third kappa shape index (κ3) is 1.90. The highest BCUT2D eigenvalue weighted by atomic mass is 35.5. The van der Waals surface area contributed by atoms with Gasteiger partial charge in [0, 0.05) is 18.5 Å². The lowest BCUT2D eigenvalue weighted by Crippen LogP contribution is -1.85. The molecule has 17 heavy (non-hydrogen) atoms. The van der Waals surface area contributed by atoms with Gasteiger partial charge in [-0.1, -0.05) is 11.6 Å². The Kier molecular flexibility index (Phi) is 2.53. The maximum Gasteiger partial charge on any atom is 0.141 e. The quantitative estimate of drug-likeness (QED) is 0.705. The number of pyridine rings is 1. The highest BCUT2D eigenvalue weighted by molar-refractivity contribution is 7.19. The second-order valence-corrected chi connectivity index (χ2v) is 5.28. The standard InChI is InChI=1S/C12H9ClN2OS/c1-16-8-4-5-15-7-9(14-12(15)6-8)10-2-3-11(13)17-10/h2-7H,1H3. The van der Waals surface area contributed by atoms with Crippen LogP contribution in [0.1, 0.15) is 0 Å². The predicted molar refractivity (Wildman–Crippen MR) is 70.1 cm³/mol. The van der Waals surface area contributed by atoms with Gasteiger partial charge in [-0.05, 0) is 18.2 Å². The summed E-state index contributed by atoms with van der Waals surface area (Å²) in [4.78, 5) is 5.61. The molecule has 0 radical (unpaired) electrons. The second kappa shape index (κ2) is 4.05.